The van der Waals surface area contributed by atoms with Crippen LogP contribution in [0, 0.1) is 0 Å². The molecule has 0 unspecified atom stereocenters. The second-order valence-electron chi connectivity index (χ2n) is 2.62. The van der Waals surface area contributed by atoms with Gasteiger partial charge in [0.05, 0.1) is 6.61 Å². The van der Waals surface area contributed by atoms with Crippen LogP contribution in [-0.4, -0.2) is 12.1 Å². The molecule has 0 aliphatic rings. The number of benzene rings is 1. The van der Waals surface area contributed by atoms with Gasteiger partial charge >= 0.3 is 0 Å². The van der Waals surface area contributed by atoms with Crippen LogP contribution >= 0.6 is 0 Å². The van der Waals surface area contributed by atoms with Gasteiger partial charge in [0.25, 0.3) is 5.91 Å². The molecule has 0 spiro atoms. The molecule has 13 heavy (non-hydrogen) atoms. The molecule has 0 saturated carbocycles. The molecule has 4 N–H and O–H groups in total. The SMILES string of the molecule is NC(=O)[C@H](N)OCc1ccccc1. The van der Waals surface area contributed by atoms with Crippen LogP contribution in [0.15, 0.2) is 30.3 Å². The van der Waals surface area contributed by atoms with Crippen molar-refractivity contribution in [1.82, 2.24) is 0 Å². The second kappa shape index (κ2) is 4.59. The van der Waals surface area contributed by atoms with Crippen molar-refractivity contribution in [1.29, 1.82) is 0 Å². The van der Waals surface area contributed by atoms with Crippen LogP contribution in [0.3, 0.4) is 0 Å². The lowest BCUT2D eigenvalue weighted by Gasteiger charge is -2.08. The molecule has 1 aromatic rings. The first-order chi connectivity index (χ1) is 6.20. The zero-order chi connectivity index (χ0) is 9.68. The fourth-order valence-corrected chi connectivity index (χ4v) is 0.842. The number of carbonyl (C=O) groups excluding carboxylic acids is 1. The van der Waals surface area contributed by atoms with E-state index in [1.54, 1.807) is 0 Å². The van der Waals surface area contributed by atoms with E-state index in [1.165, 1.54) is 0 Å². The van der Waals surface area contributed by atoms with Gasteiger partial charge in [-0.15, -0.1) is 0 Å². The van der Waals surface area contributed by atoms with Gasteiger partial charge in [0, 0.05) is 0 Å². The van der Waals surface area contributed by atoms with Crippen LogP contribution in [0.25, 0.3) is 0 Å². The van der Waals surface area contributed by atoms with E-state index >= 15 is 0 Å². The molecule has 0 bridgehead atoms. The van der Waals surface area contributed by atoms with E-state index in [1.807, 2.05) is 30.3 Å². The normalized spacial score (nSPS) is 12.4. The van der Waals surface area contributed by atoms with Crippen molar-refractivity contribution in [2.24, 2.45) is 11.5 Å². The number of rotatable bonds is 4. The lowest BCUT2D eigenvalue weighted by molar-refractivity contribution is -0.129. The summed E-state index contributed by atoms with van der Waals surface area (Å²) in [6.07, 6.45) is -1.03. The highest BCUT2D eigenvalue weighted by atomic mass is 16.5. The Hall–Kier alpha value is -1.39. The third-order valence-corrected chi connectivity index (χ3v) is 1.55. The zero-order valence-corrected chi connectivity index (χ0v) is 7.14. The average molecular weight is 180 g/mol. The standard InChI is InChI=1S/C9H12N2O2/c10-8(12)9(11)13-6-7-4-2-1-3-5-7/h1-5,9H,6,11H2,(H2,10,12)/t9-/m1/s1. The van der Waals surface area contributed by atoms with E-state index in [9.17, 15) is 4.79 Å². The molecule has 4 nitrogen and oxygen atoms in total. The molecule has 0 heterocycles. The van der Waals surface area contributed by atoms with Gasteiger partial charge in [-0.25, -0.2) is 0 Å². The first-order valence-corrected chi connectivity index (χ1v) is 3.90. The molecule has 1 amide bonds. The summed E-state index contributed by atoms with van der Waals surface area (Å²) >= 11 is 0. The van der Waals surface area contributed by atoms with Gasteiger partial charge in [-0.2, -0.15) is 0 Å². The Morgan fingerprint density at radius 2 is 2.00 bits per heavy atom. The highest BCUT2D eigenvalue weighted by Gasteiger charge is 2.08. The summed E-state index contributed by atoms with van der Waals surface area (Å²) in [7, 11) is 0. The summed E-state index contributed by atoms with van der Waals surface area (Å²) in [6.45, 7) is 0.297. The van der Waals surface area contributed by atoms with Gasteiger partial charge in [-0.05, 0) is 5.56 Å². The van der Waals surface area contributed by atoms with E-state index in [0.717, 1.165) is 5.56 Å². The molecule has 4 heteroatoms. The van der Waals surface area contributed by atoms with E-state index in [-0.39, 0.29) is 0 Å². The van der Waals surface area contributed by atoms with Crippen molar-refractivity contribution in [3.05, 3.63) is 35.9 Å². The first kappa shape index (κ1) is 9.70. The third kappa shape index (κ3) is 3.23. The van der Waals surface area contributed by atoms with E-state index in [2.05, 4.69) is 0 Å². The Morgan fingerprint density at radius 3 is 2.54 bits per heavy atom. The number of hydrogen-bond donors (Lipinski definition) is 2. The lowest BCUT2D eigenvalue weighted by Crippen LogP contribution is -2.38. The molecule has 1 rings (SSSR count). The number of nitrogens with two attached hydrogens (primary N) is 2. The van der Waals surface area contributed by atoms with Crippen molar-refractivity contribution < 1.29 is 9.53 Å². The zero-order valence-electron chi connectivity index (χ0n) is 7.14. The largest absolute Gasteiger partial charge is 0.366 e. The van der Waals surface area contributed by atoms with Crippen LogP contribution in [0.5, 0.6) is 0 Å². The first-order valence-electron chi connectivity index (χ1n) is 3.90. The number of amides is 1. The number of hydrogen-bond acceptors (Lipinski definition) is 3. The summed E-state index contributed by atoms with van der Waals surface area (Å²) in [6, 6.07) is 9.43. The summed E-state index contributed by atoms with van der Waals surface area (Å²) in [5.41, 5.74) is 11.1. The summed E-state index contributed by atoms with van der Waals surface area (Å²) in [5.74, 6) is -0.657. The smallest absolute Gasteiger partial charge is 0.261 e. The predicted octanol–water partition coefficient (Wildman–Crippen LogP) is -0.0267. The molecule has 0 fully saturated rings. The fourth-order valence-electron chi connectivity index (χ4n) is 0.842. The Kier molecular flexibility index (Phi) is 3.42. The second-order valence-corrected chi connectivity index (χ2v) is 2.62. The fraction of sp³-hybridized carbons (Fsp3) is 0.222. The molecule has 1 atom stereocenters. The molecule has 0 saturated heterocycles. The highest BCUT2D eigenvalue weighted by Crippen LogP contribution is 2.00. The van der Waals surface area contributed by atoms with Crippen LogP contribution in [0.4, 0.5) is 0 Å². The van der Waals surface area contributed by atoms with Crippen LogP contribution in [0.2, 0.25) is 0 Å². The van der Waals surface area contributed by atoms with Crippen molar-refractivity contribution >= 4 is 5.91 Å². The van der Waals surface area contributed by atoms with Crippen molar-refractivity contribution in [2.75, 3.05) is 0 Å². The lowest BCUT2D eigenvalue weighted by atomic mass is 10.2. The number of carbonyl (C=O) groups is 1. The topological polar surface area (TPSA) is 78.3 Å². The van der Waals surface area contributed by atoms with Crippen molar-refractivity contribution in [2.45, 2.75) is 12.8 Å². The van der Waals surface area contributed by atoms with E-state index in [0.29, 0.717) is 6.61 Å². The quantitative estimate of drug-likeness (QED) is 0.639. The van der Waals surface area contributed by atoms with Crippen LogP contribution in [0.1, 0.15) is 5.56 Å². The van der Waals surface area contributed by atoms with Gasteiger partial charge in [-0.1, -0.05) is 30.3 Å². The van der Waals surface area contributed by atoms with Crippen LogP contribution < -0.4 is 11.5 Å². The maximum Gasteiger partial charge on any atom is 0.261 e. The molecule has 70 valence electrons. The summed E-state index contributed by atoms with van der Waals surface area (Å²) in [4.78, 5) is 10.5. The van der Waals surface area contributed by atoms with E-state index < -0.39 is 12.1 Å². The number of primary amides is 1. The molecular formula is C9H12N2O2. The van der Waals surface area contributed by atoms with Crippen LogP contribution in [-0.2, 0) is 16.1 Å². The van der Waals surface area contributed by atoms with Gasteiger partial charge in [-0.3, -0.25) is 10.5 Å². The molecule has 0 aromatic heterocycles. The van der Waals surface area contributed by atoms with Gasteiger partial charge < -0.3 is 10.5 Å². The summed E-state index contributed by atoms with van der Waals surface area (Å²) < 4.78 is 4.99. The Bertz CT molecular complexity index is 274. The molecular weight excluding hydrogens is 168 g/mol. The highest BCUT2D eigenvalue weighted by molar-refractivity contribution is 5.78. The minimum absolute atomic E-state index is 0.297. The van der Waals surface area contributed by atoms with Crippen molar-refractivity contribution in [3.63, 3.8) is 0 Å². The van der Waals surface area contributed by atoms with Gasteiger partial charge in [0.2, 0.25) is 0 Å². The maximum absolute atomic E-state index is 10.5. The minimum atomic E-state index is -1.03. The molecule has 0 radical (unpaired) electrons. The third-order valence-electron chi connectivity index (χ3n) is 1.55. The Balaban J connectivity index is 2.39. The molecule has 1 aromatic carbocycles. The van der Waals surface area contributed by atoms with Gasteiger partial charge in [0.15, 0.2) is 6.23 Å². The minimum Gasteiger partial charge on any atom is -0.366 e. The molecule has 0 aliphatic carbocycles. The summed E-state index contributed by atoms with van der Waals surface area (Å²) in [5, 5.41) is 0. The average Bonchev–Trinajstić information content (AvgIpc) is 2.15. The monoisotopic (exact) mass is 180 g/mol. The van der Waals surface area contributed by atoms with Crippen molar-refractivity contribution in [3.8, 4) is 0 Å². The maximum atomic E-state index is 10.5. The predicted molar refractivity (Wildman–Crippen MR) is 48.4 cm³/mol. The Morgan fingerprint density at radius 1 is 1.38 bits per heavy atom. The van der Waals surface area contributed by atoms with E-state index in [4.69, 9.17) is 16.2 Å². The van der Waals surface area contributed by atoms with Gasteiger partial charge in [0.1, 0.15) is 0 Å². The Labute approximate surface area is 76.5 Å². The number of ether oxygens (including phenoxy) is 1. The molecule has 0 aliphatic heterocycles.